The minimum Gasteiger partial charge on any atom is -0.399 e. The molecule has 0 saturated carbocycles. The van der Waals surface area contributed by atoms with Gasteiger partial charge in [-0.2, -0.15) is 5.10 Å². The molecule has 0 bridgehead atoms. The predicted molar refractivity (Wildman–Crippen MR) is 142 cm³/mol. The maximum absolute atomic E-state index is 14.8. The lowest BCUT2D eigenvalue weighted by molar-refractivity contribution is -0.0365. The van der Waals surface area contributed by atoms with Crippen LogP contribution in [0.5, 0.6) is 0 Å². The molecule has 1 N–H and O–H groups in total. The van der Waals surface area contributed by atoms with Crippen LogP contribution in [0.4, 0.5) is 15.9 Å². The van der Waals surface area contributed by atoms with Crippen LogP contribution in [0.15, 0.2) is 30.6 Å². The van der Waals surface area contributed by atoms with Crippen molar-refractivity contribution in [2.45, 2.75) is 71.3 Å². The van der Waals surface area contributed by atoms with Crippen LogP contribution >= 0.6 is 11.6 Å². The first-order valence-corrected chi connectivity index (χ1v) is 13.0. The number of benzene rings is 1. The van der Waals surface area contributed by atoms with Crippen molar-refractivity contribution in [3.05, 3.63) is 47.1 Å². The van der Waals surface area contributed by atoms with E-state index >= 15 is 0 Å². The van der Waals surface area contributed by atoms with Crippen LogP contribution in [-0.2, 0) is 14.0 Å². The Balaban J connectivity index is 1.45. The molecule has 1 atom stereocenters. The van der Waals surface area contributed by atoms with Crippen LogP contribution in [0.3, 0.4) is 0 Å². The maximum atomic E-state index is 14.8. The zero-order chi connectivity index (χ0) is 26.1. The standard InChI is InChI=1S/C26H30BClFN5O3/c1-15-13-33-14-17(12-19(29)24(33)30-15)31-23-22-18(28)10-16(27-36-25(2,3)26(4,5)37-27)11-20(22)34(32-23)21-8-6-7-9-35-21/h10-14,21H,6-9H2,1-5H3,(H,31,32). The molecule has 2 aliphatic rings. The summed E-state index contributed by atoms with van der Waals surface area (Å²) in [5.41, 5.74) is 2.19. The Morgan fingerprint density at radius 3 is 2.57 bits per heavy atom. The van der Waals surface area contributed by atoms with E-state index in [0.717, 1.165) is 41.3 Å². The lowest BCUT2D eigenvalue weighted by atomic mass is 9.78. The molecule has 11 heteroatoms. The summed E-state index contributed by atoms with van der Waals surface area (Å²) in [6, 6.07) is 5.27. The monoisotopic (exact) mass is 525 g/mol. The van der Waals surface area contributed by atoms with Gasteiger partial charge in [0.05, 0.1) is 38.5 Å². The third kappa shape index (κ3) is 4.20. The number of halogens is 2. The van der Waals surface area contributed by atoms with E-state index in [1.165, 1.54) is 6.07 Å². The first-order chi connectivity index (χ1) is 17.5. The summed E-state index contributed by atoms with van der Waals surface area (Å²) >= 11 is 6.90. The molecule has 4 aromatic rings. The zero-order valence-corrected chi connectivity index (χ0v) is 22.4. The van der Waals surface area contributed by atoms with E-state index in [1.54, 1.807) is 16.8 Å². The highest BCUT2D eigenvalue weighted by Crippen LogP contribution is 2.39. The number of rotatable bonds is 4. The van der Waals surface area contributed by atoms with Crippen LogP contribution in [0.1, 0.15) is 58.9 Å². The summed E-state index contributed by atoms with van der Waals surface area (Å²) in [5.74, 6) is 0.0943. The van der Waals surface area contributed by atoms with Crippen molar-refractivity contribution < 1.29 is 18.4 Å². The third-order valence-corrected chi connectivity index (χ3v) is 7.92. The molecule has 6 rings (SSSR count). The average Bonchev–Trinajstić information content (AvgIpc) is 3.45. The molecule has 2 aliphatic heterocycles. The summed E-state index contributed by atoms with van der Waals surface area (Å²) in [6.45, 7) is 10.6. The van der Waals surface area contributed by atoms with Crippen molar-refractivity contribution in [1.82, 2.24) is 19.2 Å². The second-order valence-corrected chi connectivity index (χ2v) is 11.3. The molecule has 5 heterocycles. The lowest BCUT2D eigenvalue weighted by Gasteiger charge is -2.32. The molecular weight excluding hydrogens is 496 g/mol. The molecule has 0 amide bonds. The molecule has 8 nitrogen and oxygen atoms in total. The molecule has 0 radical (unpaired) electrons. The first-order valence-electron chi connectivity index (χ1n) is 12.6. The van der Waals surface area contributed by atoms with Gasteiger partial charge in [-0.25, -0.2) is 14.1 Å². The van der Waals surface area contributed by atoms with E-state index in [9.17, 15) is 4.39 Å². The second kappa shape index (κ2) is 8.69. The molecule has 0 spiro atoms. The Kier molecular flexibility index (Phi) is 5.80. The van der Waals surface area contributed by atoms with Crippen LogP contribution in [0.2, 0.25) is 5.02 Å². The average molecular weight is 526 g/mol. The highest BCUT2D eigenvalue weighted by atomic mass is 35.5. The molecule has 0 aliphatic carbocycles. The minimum atomic E-state index is -0.570. The number of imidazole rings is 1. The van der Waals surface area contributed by atoms with Crippen molar-refractivity contribution in [1.29, 1.82) is 0 Å². The number of nitrogens with zero attached hydrogens (tertiary/aromatic N) is 4. The number of hydrogen-bond donors (Lipinski definition) is 1. The van der Waals surface area contributed by atoms with Gasteiger partial charge >= 0.3 is 7.12 Å². The number of hydrogen-bond acceptors (Lipinski definition) is 6. The Hall–Kier alpha value is -2.66. The number of aryl methyl sites for hydroxylation is 1. The topological polar surface area (TPSA) is 74.8 Å². The number of aromatic nitrogens is 4. The molecule has 194 valence electrons. The molecule has 2 fully saturated rings. The van der Waals surface area contributed by atoms with E-state index in [0.29, 0.717) is 23.1 Å². The molecule has 1 aromatic carbocycles. The van der Waals surface area contributed by atoms with Gasteiger partial charge in [-0.15, -0.1) is 0 Å². The van der Waals surface area contributed by atoms with Crippen molar-refractivity contribution in [2.24, 2.45) is 0 Å². The van der Waals surface area contributed by atoms with E-state index in [1.807, 2.05) is 51.4 Å². The van der Waals surface area contributed by atoms with E-state index in [-0.39, 0.29) is 11.9 Å². The highest BCUT2D eigenvalue weighted by molar-refractivity contribution is 6.63. The third-order valence-electron chi connectivity index (χ3n) is 7.63. The van der Waals surface area contributed by atoms with Crippen molar-refractivity contribution >= 4 is 52.2 Å². The smallest absolute Gasteiger partial charge is 0.399 e. The Morgan fingerprint density at radius 2 is 1.86 bits per heavy atom. The highest BCUT2D eigenvalue weighted by Gasteiger charge is 2.52. The van der Waals surface area contributed by atoms with Crippen LogP contribution in [0.25, 0.3) is 16.6 Å². The molecule has 37 heavy (non-hydrogen) atoms. The Bertz CT molecular complexity index is 1500. The van der Waals surface area contributed by atoms with Gasteiger partial charge < -0.3 is 23.8 Å². The Morgan fingerprint density at radius 1 is 1.11 bits per heavy atom. The number of ether oxygens (including phenoxy) is 1. The van der Waals surface area contributed by atoms with Gasteiger partial charge in [0.25, 0.3) is 0 Å². The number of pyridine rings is 1. The quantitative estimate of drug-likeness (QED) is 0.353. The molecule has 2 saturated heterocycles. The number of anilines is 2. The predicted octanol–water partition coefficient (Wildman–Crippen LogP) is 5.53. The summed E-state index contributed by atoms with van der Waals surface area (Å²) in [4.78, 5) is 4.24. The summed E-state index contributed by atoms with van der Waals surface area (Å²) in [7, 11) is -0.570. The fourth-order valence-corrected chi connectivity index (χ4v) is 5.27. The van der Waals surface area contributed by atoms with E-state index < -0.39 is 24.1 Å². The van der Waals surface area contributed by atoms with Gasteiger partial charge in [-0.1, -0.05) is 11.6 Å². The maximum Gasteiger partial charge on any atom is 0.494 e. The SMILES string of the molecule is Cc1cn2cc(Nc3nn(C4CCCCO4)c4cc(B5OC(C)(C)C(C)(C)O5)cc(Cl)c34)cc(F)c2n1. The fourth-order valence-electron chi connectivity index (χ4n) is 4.96. The van der Waals surface area contributed by atoms with Crippen LogP contribution < -0.4 is 10.8 Å². The number of fused-ring (bicyclic) bond motifs is 2. The second-order valence-electron chi connectivity index (χ2n) is 10.9. The van der Waals surface area contributed by atoms with Crippen molar-refractivity contribution in [3.8, 4) is 0 Å². The molecular formula is C26H30BClFN5O3. The normalized spacial score (nSPS) is 21.3. The van der Waals surface area contributed by atoms with Crippen LogP contribution in [-0.4, -0.2) is 44.1 Å². The van der Waals surface area contributed by atoms with Gasteiger partial charge in [-0.3, -0.25) is 0 Å². The summed E-state index contributed by atoms with van der Waals surface area (Å²) in [6.07, 6.45) is 6.23. The van der Waals surface area contributed by atoms with Gasteiger partial charge in [0.1, 0.15) is 0 Å². The van der Waals surface area contributed by atoms with Crippen molar-refractivity contribution in [2.75, 3.05) is 11.9 Å². The van der Waals surface area contributed by atoms with E-state index in [2.05, 4.69) is 10.3 Å². The van der Waals surface area contributed by atoms with Crippen LogP contribution in [0, 0.1) is 12.7 Å². The first kappa shape index (κ1) is 24.7. The minimum absolute atomic E-state index is 0.230. The number of nitrogens with one attached hydrogen (secondary N) is 1. The van der Waals surface area contributed by atoms with Gasteiger partial charge in [0.15, 0.2) is 23.5 Å². The summed E-state index contributed by atoms with van der Waals surface area (Å²) in [5, 5.41) is 9.37. The van der Waals surface area contributed by atoms with E-state index in [4.69, 9.17) is 30.7 Å². The van der Waals surface area contributed by atoms with Gasteiger partial charge in [0.2, 0.25) is 0 Å². The fraction of sp³-hybridized carbons (Fsp3) is 0.462. The summed E-state index contributed by atoms with van der Waals surface area (Å²) < 4.78 is 37.0. The lowest BCUT2D eigenvalue weighted by Crippen LogP contribution is -2.41. The Labute approximate surface area is 220 Å². The van der Waals surface area contributed by atoms with Gasteiger partial charge in [0, 0.05) is 25.1 Å². The zero-order valence-electron chi connectivity index (χ0n) is 21.6. The van der Waals surface area contributed by atoms with Gasteiger partial charge in [-0.05, 0) is 71.5 Å². The largest absolute Gasteiger partial charge is 0.494 e. The molecule has 1 unspecified atom stereocenters. The molecule has 3 aromatic heterocycles. The van der Waals surface area contributed by atoms with Crippen molar-refractivity contribution in [3.63, 3.8) is 0 Å².